The highest BCUT2D eigenvalue weighted by molar-refractivity contribution is 7.92. The lowest BCUT2D eigenvalue weighted by atomic mass is 10.1. The van der Waals surface area contributed by atoms with Crippen molar-refractivity contribution < 1.29 is 35.9 Å². The number of nitrogens with one attached hydrogen (secondary N) is 2. The normalized spacial score (nSPS) is 13.2. The van der Waals surface area contributed by atoms with Crippen molar-refractivity contribution in [3.8, 4) is 0 Å². The van der Waals surface area contributed by atoms with Crippen molar-refractivity contribution in [1.29, 1.82) is 0 Å². The van der Waals surface area contributed by atoms with Crippen LogP contribution >= 0.6 is 7.60 Å². The Morgan fingerprint density at radius 3 is 2.35 bits per heavy atom. The molecule has 0 saturated carbocycles. The minimum Gasteiger partial charge on any atom is -0.365 e. The van der Waals surface area contributed by atoms with Gasteiger partial charge in [-0.25, -0.2) is 18.4 Å². The predicted molar refractivity (Wildman–Crippen MR) is 132 cm³/mol. The monoisotopic (exact) mass is 560 g/mol. The summed E-state index contributed by atoms with van der Waals surface area (Å²) in [7, 11) is -6.73. The molecule has 2 heterocycles. The molecule has 16 heteroatoms. The Bertz CT molecular complexity index is 1420. The third kappa shape index (κ3) is 7.16. The summed E-state index contributed by atoms with van der Waals surface area (Å²) in [6.45, 7) is 1.15. The number of anilines is 4. The van der Waals surface area contributed by atoms with E-state index < -0.39 is 40.8 Å². The van der Waals surface area contributed by atoms with Crippen LogP contribution in [-0.2, 0) is 27.3 Å². The second-order valence-electron chi connectivity index (χ2n) is 8.04. The molecule has 3 rings (SSSR count). The van der Waals surface area contributed by atoms with Crippen LogP contribution in [0.4, 0.5) is 36.4 Å². The first-order valence-corrected chi connectivity index (χ1v) is 14.1. The van der Waals surface area contributed by atoms with Gasteiger partial charge in [-0.15, -0.1) is 0 Å². The second-order valence-corrected chi connectivity index (χ2v) is 12.0. The molecule has 1 aromatic carbocycles. The molecule has 0 saturated heterocycles. The van der Waals surface area contributed by atoms with Crippen LogP contribution in [0.15, 0.2) is 48.8 Å². The van der Waals surface area contributed by atoms with Crippen molar-refractivity contribution in [2.24, 2.45) is 0 Å². The summed E-state index contributed by atoms with van der Waals surface area (Å²) in [5.74, 6) is -0.678. The van der Waals surface area contributed by atoms with E-state index in [-0.39, 0.29) is 18.3 Å². The summed E-state index contributed by atoms with van der Waals surface area (Å²) in [4.78, 5) is 30.3. The van der Waals surface area contributed by atoms with Gasteiger partial charge in [-0.2, -0.15) is 18.2 Å². The summed E-state index contributed by atoms with van der Waals surface area (Å²) >= 11 is 0. The van der Waals surface area contributed by atoms with Crippen molar-refractivity contribution in [3.05, 3.63) is 65.5 Å². The quantitative estimate of drug-likeness (QED) is 0.283. The molecule has 11 nitrogen and oxygen atoms in total. The Morgan fingerprint density at radius 1 is 1.14 bits per heavy atom. The highest BCUT2D eigenvalue weighted by Gasteiger charge is 2.35. The molecule has 0 aliphatic rings. The first-order chi connectivity index (χ1) is 17.1. The fourth-order valence-electron chi connectivity index (χ4n) is 3.14. The van der Waals surface area contributed by atoms with Crippen LogP contribution in [0.3, 0.4) is 0 Å². The summed E-state index contributed by atoms with van der Waals surface area (Å²) < 4.78 is 77.0. The van der Waals surface area contributed by atoms with Crippen molar-refractivity contribution in [2.75, 3.05) is 28.2 Å². The SMILES string of the molecule is CC(c1ccc(Nc2ncc(C(F)(F)F)c(NCc3cccnc3N(C)S(C)(=O)=O)n2)cc1)P(=O)(O)O. The largest absolute Gasteiger partial charge is 0.421 e. The maximum Gasteiger partial charge on any atom is 0.421 e. The zero-order valence-electron chi connectivity index (χ0n) is 19.8. The van der Waals surface area contributed by atoms with Gasteiger partial charge in [-0.05, 0) is 30.7 Å². The van der Waals surface area contributed by atoms with Crippen LogP contribution in [0.25, 0.3) is 0 Å². The van der Waals surface area contributed by atoms with Gasteiger partial charge in [0.15, 0.2) is 0 Å². The summed E-state index contributed by atoms with van der Waals surface area (Å²) in [5, 5.41) is 5.34. The van der Waals surface area contributed by atoms with Crippen molar-refractivity contribution in [3.63, 3.8) is 0 Å². The molecule has 0 fully saturated rings. The van der Waals surface area contributed by atoms with Gasteiger partial charge < -0.3 is 20.4 Å². The Balaban J connectivity index is 1.87. The van der Waals surface area contributed by atoms with E-state index in [0.29, 0.717) is 23.0 Å². The third-order valence-corrected chi connectivity index (χ3v) is 7.83. The lowest BCUT2D eigenvalue weighted by molar-refractivity contribution is -0.137. The van der Waals surface area contributed by atoms with Gasteiger partial charge in [-0.3, -0.25) is 8.87 Å². The Labute approximate surface area is 211 Å². The molecule has 3 aromatic rings. The molecule has 0 amide bonds. The number of sulfonamides is 1. The van der Waals surface area contributed by atoms with Crippen LogP contribution < -0.4 is 14.9 Å². The lowest BCUT2D eigenvalue weighted by Gasteiger charge is -2.20. The van der Waals surface area contributed by atoms with Gasteiger partial charge in [0.1, 0.15) is 17.2 Å². The smallest absolute Gasteiger partial charge is 0.365 e. The van der Waals surface area contributed by atoms with E-state index in [1.807, 2.05) is 0 Å². The van der Waals surface area contributed by atoms with E-state index in [2.05, 4.69) is 25.6 Å². The first kappa shape index (κ1) is 28.3. The van der Waals surface area contributed by atoms with Crippen molar-refractivity contribution >= 4 is 40.9 Å². The Morgan fingerprint density at radius 2 is 1.78 bits per heavy atom. The van der Waals surface area contributed by atoms with Gasteiger partial charge in [0.05, 0.1) is 11.9 Å². The average Bonchev–Trinajstić information content (AvgIpc) is 2.80. The van der Waals surface area contributed by atoms with E-state index >= 15 is 0 Å². The Hall–Kier alpha value is -3.26. The summed E-state index contributed by atoms with van der Waals surface area (Å²) in [6.07, 6.45) is -1.83. The molecule has 4 N–H and O–H groups in total. The fourth-order valence-corrected chi connectivity index (χ4v) is 4.18. The van der Waals surface area contributed by atoms with Crippen molar-refractivity contribution in [1.82, 2.24) is 15.0 Å². The molecular formula is C21H24F3N6O5PS. The van der Waals surface area contributed by atoms with Gasteiger partial charge in [0.2, 0.25) is 16.0 Å². The molecule has 1 unspecified atom stereocenters. The van der Waals surface area contributed by atoms with E-state index in [9.17, 15) is 35.9 Å². The molecule has 1 atom stereocenters. The molecular weight excluding hydrogens is 536 g/mol. The van der Waals surface area contributed by atoms with Crippen molar-refractivity contribution in [2.45, 2.75) is 25.3 Å². The number of nitrogens with zero attached hydrogens (tertiary/aromatic N) is 4. The van der Waals surface area contributed by atoms with Gasteiger partial charge in [0.25, 0.3) is 0 Å². The molecule has 200 valence electrons. The van der Waals surface area contributed by atoms with Crippen LogP contribution in [0.5, 0.6) is 0 Å². The predicted octanol–water partition coefficient (Wildman–Crippen LogP) is 3.88. The first-order valence-electron chi connectivity index (χ1n) is 10.6. The molecule has 2 aromatic heterocycles. The molecule has 0 aliphatic heterocycles. The van der Waals surface area contributed by atoms with Crippen LogP contribution in [-0.4, -0.2) is 46.5 Å². The molecule has 0 aliphatic carbocycles. The maximum atomic E-state index is 13.6. The zero-order chi connectivity index (χ0) is 27.6. The number of rotatable bonds is 9. The van der Waals surface area contributed by atoms with Gasteiger partial charge in [0, 0.05) is 37.2 Å². The number of benzene rings is 1. The average molecular weight is 560 g/mol. The molecule has 0 spiro atoms. The number of halogens is 3. The van der Waals surface area contributed by atoms with Crippen LogP contribution in [0, 0.1) is 0 Å². The Kier molecular flexibility index (Phi) is 8.12. The van der Waals surface area contributed by atoms with E-state index in [1.54, 1.807) is 0 Å². The highest BCUT2D eigenvalue weighted by atomic mass is 32.2. The number of hydrogen-bond donors (Lipinski definition) is 4. The molecule has 37 heavy (non-hydrogen) atoms. The number of aromatic nitrogens is 3. The van der Waals surface area contributed by atoms with Crippen LogP contribution in [0.1, 0.15) is 29.3 Å². The minimum absolute atomic E-state index is 0.0445. The second kappa shape index (κ2) is 10.6. The standard InChI is InChI=1S/C21H24F3N6O5PS/c1-13(36(31,32)33)14-6-8-16(9-7-14)28-20-27-12-17(21(22,23)24)18(29-20)26-11-15-5-4-10-25-19(15)30(2)37(3,34)35/h4-10,12-13H,11H2,1-3H3,(H2,31,32,33)(H2,26,27,28,29). The fraction of sp³-hybridized carbons (Fsp3) is 0.286. The van der Waals surface area contributed by atoms with Gasteiger partial charge >= 0.3 is 13.8 Å². The maximum absolute atomic E-state index is 13.6. The van der Waals surface area contributed by atoms with E-state index in [0.717, 1.165) is 10.6 Å². The van der Waals surface area contributed by atoms with E-state index in [4.69, 9.17) is 0 Å². The zero-order valence-corrected chi connectivity index (χ0v) is 21.5. The van der Waals surface area contributed by atoms with Crippen LogP contribution in [0.2, 0.25) is 0 Å². The minimum atomic E-state index is -4.78. The number of hydrogen-bond acceptors (Lipinski definition) is 8. The third-order valence-electron chi connectivity index (χ3n) is 5.36. The number of alkyl halides is 3. The molecule has 0 radical (unpaired) electrons. The summed E-state index contributed by atoms with van der Waals surface area (Å²) in [5.41, 5.74) is -1.10. The van der Waals surface area contributed by atoms with Gasteiger partial charge in [-0.1, -0.05) is 18.2 Å². The number of pyridine rings is 1. The lowest BCUT2D eigenvalue weighted by Crippen LogP contribution is -2.27. The topological polar surface area (TPSA) is 158 Å². The highest BCUT2D eigenvalue weighted by Crippen LogP contribution is 2.51. The van der Waals surface area contributed by atoms with E-state index in [1.165, 1.54) is 56.6 Å². The summed E-state index contributed by atoms with van der Waals surface area (Å²) in [6, 6.07) is 8.95. The molecule has 0 bridgehead atoms.